The molecule has 6 heteroatoms. The highest BCUT2D eigenvalue weighted by molar-refractivity contribution is 5.94. The van der Waals surface area contributed by atoms with Crippen LogP contribution in [0.5, 0.6) is 5.75 Å². The number of nitrogens with zero attached hydrogens (tertiary/aromatic N) is 4. The third-order valence-electron chi connectivity index (χ3n) is 5.87. The molecule has 2 fully saturated rings. The molecule has 0 radical (unpaired) electrons. The molecule has 1 unspecified atom stereocenters. The normalized spacial score (nSPS) is 20.0. The van der Waals surface area contributed by atoms with E-state index in [-0.39, 0.29) is 5.91 Å². The molecule has 4 rings (SSSR count). The van der Waals surface area contributed by atoms with Crippen molar-refractivity contribution in [1.29, 1.82) is 0 Å². The van der Waals surface area contributed by atoms with E-state index in [1.807, 2.05) is 35.4 Å². The second-order valence-corrected chi connectivity index (χ2v) is 7.90. The van der Waals surface area contributed by atoms with Crippen molar-refractivity contribution in [2.45, 2.75) is 45.1 Å². The van der Waals surface area contributed by atoms with Gasteiger partial charge in [-0.3, -0.25) is 4.79 Å². The molecule has 2 aliphatic rings. The van der Waals surface area contributed by atoms with Crippen molar-refractivity contribution in [3.8, 4) is 11.4 Å². The number of benzene rings is 1. The second kappa shape index (κ2) is 8.78. The van der Waals surface area contributed by atoms with Gasteiger partial charge in [-0.15, -0.1) is 0 Å². The van der Waals surface area contributed by atoms with E-state index in [0.717, 1.165) is 63.0 Å². The molecule has 1 amide bonds. The largest absolute Gasteiger partial charge is 0.494 e. The summed E-state index contributed by atoms with van der Waals surface area (Å²) >= 11 is 0. The Bertz CT molecular complexity index is 780. The lowest BCUT2D eigenvalue weighted by Crippen LogP contribution is -2.28. The van der Waals surface area contributed by atoms with Crippen LogP contribution in [0.4, 0.5) is 0 Å². The van der Waals surface area contributed by atoms with E-state index < -0.39 is 0 Å². The van der Waals surface area contributed by atoms with Gasteiger partial charge in [0.2, 0.25) is 0 Å². The number of ether oxygens (including phenoxy) is 1. The summed E-state index contributed by atoms with van der Waals surface area (Å²) in [5.41, 5.74) is 1.58. The van der Waals surface area contributed by atoms with E-state index in [1.54, 1.807) is 10.9 Å². The van der Waals surface area contributed by atoms with Gasteiger partial charge >= 0.3 is 0 Å². The van der Waals surface area contributed by atoms with Gasteiger partial charge in [0.1, 0.15) is 5.75 Å². The molecule has 28 heavy (non-hydrogen) atoms. The maximum Gasteiger partial charge on any atom is 0.257 e. The second-order valence-electron chi connectivity index (χ2n) is 7.90. The Kier molecular flexibility index (Phi) is 5.95. The van der Waals surface area contributed by atoms with Crippen molar-refractivity contribution < 1.29 is 9.53 Å². The minimum absolute atomic E-state index is 0.0797. The van der Waals surface area contributed by atoms with Crippen LogP contribution in [0.25, 0.3) is 5.69 Å². The van der Waals surface area contributed by atoms with E-state index in [9.17, 15) is 4.79 Å². The fourth-order valence-corrected chi connectivity index (χ4v) is 4.15. The van der Waals surface area contributed by atoms with Gasteiger partial charge in [-0.1, -0.05) is 0 Å². The van der Waals surface area contributed by atoms with Crippen LogP contribution in [-0.4, -0.2) is 64.3 Å². The standard InChI is InChI=1S/C22H30N4O2/c1-18-6-4-13-24(18)14-5-15-28-21-9-7-20(8-10-21)26-17-19(16-23-26)22(27)25-11-2-3-12-25/h7-10,16-18H,2-6,11-15H2,1H3. The molecule has 1 aromatic carbocycles. The summed E-state index contributed by atoms with van der Waals surface area (Å²) in [7, 11) is 0. The zero-order valence-electron chi connectivity index (χ0n) is 16.7. The SMILES string of the molecule is CC1CCCN1CCCOc1ccc(-n2cc(C(=O)N3CCCC3)cn2)cc1. The van der Waals surface area contributed by atoms with E-state index in [1.165, 1.54) is 19.4 Å². The van der Waals surface area contributed by atoms with E-state index in [2.05, 4.69) is 16.9 Å². The van der Waals surface area contributed by atoms with Crippen LogP contribution in [0.1, 0.15) is 49.4 Å². The van der Waals surface area contributed by atoms with Gasteiger partial charge in [0.05, 0.1) is 24.1 Å². The molecule has 0 aliphatic carbocycles. The molecule has 6 nitrogen and oxygen atoms in total. The Morgan fingerprint density at radius 2 is 1.93 bits per heavy atom. The lowest BCUT2D eigenvalue weighted by molar-refractivity contribution is 0.0793. The Hall–Kier alpha value is -2.34. The van der Waals surface area contributed by atoms with Gasteiger partial charge < -0.3 is 14.5 Å². The molecular formula is C22H30N4O2. The molecule has 1 aromatic heterocycles. The fraction of sp³-hybridized carbons (Fsp3) is 0.545. The predicted molar refractivity (Wildman–Crippen MR) is 109 cm³/mol. The quantitative estimate of drug-likeness (QED) is 0.689. The first-order chi connectivity index (χ1) is 13.7. The van der Waals surface area contributed by atoms with Crippen LogP contribution in [-0.2, 0) is 0 Å². The predicted octanol–water partition coefficient (Wildman–Crippen LogP) is 3.36. The Balaban J connectivity index is 1.28. The van der Waals surface area contributed by atoms with Crippen molar-refractivity contribution in [2.75, 3.05) is 32.8 Å². The molecule has 0 spiro atoms. The molecule has 150 valence electrons. The van der Waals surface area contributed by atoms with Gasteiger partial charge in [-0.05, 0) is 69.8 Å². The lowest BCUT2D eigenvalue weighted by atomic mass is 10.2. The monoisotopic (exact) mass is 382 g/mol. The number of carbonyl (C=O) groups is 1. The summed E-state index contributed by atoms with van der Waals surface area (Å²) in [6.45, 7) is 7.09. The molecule has 2 aromatic rings. The van der Waals surface area contributed by atoms with Crippen LogP contribution in [0.2, 0.25) is 0 Å². The van der Waals surface area contributed by atoms with E-state index in [4.69, 9.17) is 4.74 Å². The lowest BCUT2D eigenvalue weighted by Gasteiger charge is -2.20. The number of hydrogen-bond acceptors (Lipinski definition) is 4. The highest BCUT2D eigenvalue weighted by Crippen LogP contribution is 2.19. The molecule has 2 aliphatic heterocycles. The minimum atomic E-state index is 0.0797. The van der Waals surface area contributed by atoms with Crippen molar-refractivity contribution >= 4 is 5.91 Å². The van der Waals surface area contributed by atoms with Crippen LogP contribution in [0.3, 0.4) is 0 Å². The first-order valence-electron chi connectivity index (χ1n) is 10.5. The smallest absolute Gasteiger partial charge is 0.257 e. The van der Waals surface area contributed by atoms with Gasteiger partial charge in [-0.25, -0.2) is 4.68 Å². The van der Waals surface area contributed by atoms with Crippen LogP contribution < -0.4 is 4.74 Å². The first-order valence-corrected chi connectivity index (χ1v) is 10.5. The zero-order chi connectivity index (χ0) is 19.3. The van der Waals surface area contributed by atoms with E-state index in [0.29, 0.717) is 5.56 Å². The van der Waals surface area contributed by atoms with Crippen molar-refractivity contribution in [2.24, 2.45) is 0 Å². The Morgan fingerprint density at radius 1 is 1.14 bits per heavy atom. The average Bonchev–Trinajstić information content (AvgIpc) is 3.47. The molecular weight excluding hydrogens is 352 g/mol. The Morgan fingerprint density at radius 3 is 2.64 bits per heavy atom. The third-order valence-corrected chi connectivity index (χ3v) is 5.87. The van der Waals surface area contributed by atoms with Gasteiger partial charge in [0, 0.05) is 31.9 Å². The van der Waals surface area contributed by atoms with Gasteiger partial charge in [-0.2, -0.15) is 5.10 Å². The molecule has 0 saturated carbocycles. The maximum atomic E-state index is 12.5. The summed E-state index contributed by atoms with van der Waals surface area (Å²) in [5, 5.41) is 4.36. The highest BCUT2D eigenvalue weighted by atomic mass is 16.5. The highest BCUT2D eigenvalue weighted by Gasteiger charge is 2.21. The van der Waals surface area contributed by atoms with Crippen molar-refractivity contribution in [1.82, 2.24) is 19.6 Å². The summed E-state index contributed by atoms with van der Waals surface area (Å²) < 4.78 is 7.64. The summed E-state index contributed by atoms with van der Waals surface area (Å²) in [5.74, 6) is 0.953. The molecule has 0 bridgehead atoms. The van der Waals surface area contributed by atoms with Crippen LogP contribution in [0.15, 0.2) is 36.7 Å². The number of aromatic nitrogens is 2. The van der Waals surface area contributed by atoms with E-state index >= 15 is 0 Å². The Labute approximate surface area is 167 Å². The number of hydrogen-bond donors (Lipinski definition) is 0. The van der Waals surface area contributed by atoms with Crippen molar-refractivity contribution in [3.63, 3.8) is 0 Å². The third kappa shape index (κ3) is 4.38. The number of rotatable bonds is 7. The zero-order valence-corrected chi connectivity index (χ0v) is 16.7. The molecule has 3 heterocycles. The van der Waals surface area contributed by atoms with Crippen LogP contribution in [0, 0.1) is 0 Å². The van der Waals surface area contributed by atoms with Crippen LogP contribution >= 0.6 is 0 Å². The number of amides is 1. The van der Waals surface area contributed by atoms with Gasteiger partial charge in [0.15, 0.2) is 0 Å². The number of likely N-dealkylation sites (tertiary alicyclic amines) is 2. The molecule has 1 atom stereocenters. The molecule has 0 N–H and O–H groups in total. The average molecular weight is 383 g/mol. The van der Waals surface area contributed by atoms with Crippen molar-refractivity contribution in [3.05, 3.63) is 42.2 Å². The fourth-order valence-electron chi connectivity index (χ4n) is 4.15. The number of carbonyl (C=O) groups excluding carboxylic acids is 1. The summed E-state index contributed by atoms with van der Waals surface area (Å²) in [6.07, 6.45) is 9.35. The maximum absolute atomic E-state index is 12.5. The molecule has 2 saturated heterocycles. The minimum Gasteiger partial charge on any atom is -0.494 e. The first kappa shape index (κ1) is 19.0. The topological polar surface area (TPSA) is 50.6 Å². The summed E-state index contributed by atoms with van der Waals surface area (Å²) in [4.78, 5) is 16.9. The van der Waals surface area contributed by atoms with Gasteiger partial charge in [0.25, 0.3) is 5.91 Å². The summed E-state index contributed by atoms with van der Waals surface area (Å²) in [6, 6.07) is 8.62.